The van der Waals surface area contributed by atoms with Crippen LogP contribution in [0.5, 0.6) is 0 Å². The zero-order valence-electron chi connectivity index (χ0n) is 14.7. The third-order valence-corrected chi connectivity index (χ3v) is 5.33. The molecule has 0 saturated heterocycles. The number of halogens is 1. The molecule has 8 heteroatoms. The van der Waals surface area contributed by atoms with Crippen LogP contribution in [0, 0.1) is 5.41 Å². The van der Waals surface area contributed by atoms with Crippen LogP contribution in [-0.4, -0.2) is 31.2 Å². The lowest BCUT2D eigenvalue weighted by Gasteiger charge is -2.22. The third kappa shape index (κ3) is 5.86. The van der Waals surface area contributed by atoms with Crippen LogP contribution in [0.2, 0.25) is 5.02 Å². The number of benzene rings is 2. The minimum Gasteiger partial charge on any atom is -0.454 e. The fraction of sp³-hybridized carbons (Fsp3) is 0.222. The van der Waals surface area contributed by atoms with Crippen molar-refractivity contribution in [1.82, 2.24) is 0 Å². The maximum Gasteiger partial charge on any atom is 0.303 e. The first-order valence-electron chi connectivity index (χ1n) is 7.69. The number of anilines is 2. The molecule has 2 rings (SSSR count). The Kier molecular flexibility index (Phi) is 7.68. The van der Waals surface area contributed by atoms with Gasteiger partial charge in [0.2, 0.25) is 0 Å². The number of ether oxygens (including phenoxy) is 1. The summed E-state index contributed by atoms with van der Waals surface area (Å²) < 4.78 is 4.93. The predicted octanol–water partition coefficient (Wildman–Crippen LogP) is 5.16. The standard InChI is InChI=1S/C18H20ClN3O2S2/c1-12(23)24-11-26-15-7-8-16(19)17(10-15)21-18(20)22(2)13-5-4-6-14(9-13)25-3/h4-10H,11H2,1-3H3,(H2,20,21). The predicted molar refractivity (Wildman–Crippen MR) is 112 cm³/mol. The monoisotopic (exact) mass is 409 g/mol. The van der Waals surface area contributed by atoms with E-state index in [-0.39, 0.29) is 17.9 Å². The van der Waals surface area contributed by atoms with E-state index in [1.54, 1.807) is 22.7 Å². The van der Waals surface area contributed by atoms with Gasteiger partial charge in [-0.3, -0.25) is 10.2 Å². The number of guanidine groups is 1. The zero-order valence-corrected chi connectivity index (χ0v) is 17.1. The summed E-state index contributed by atoms with van der Waals surface area (Å²) in [4.78, 5) is 14.6. The summed E-state index contributed by atoms with van der Waals surface area (Å²) in [6, 6.07) is 13.4. The van der Waals surface area contributed by atoms with Crippen LogP contribution in [0.1, 0.15) is 6.92 Å². The lowest BCUT2D eigenvalue weighted by Crippen LogP contribution is -2.32. The highest BCUT2D eigenvalue weighted by Gasteiger charge is 2.11. The summed E-state index contributed by atoms with van der Waals surface area (Å²) in [6.07, 6.45) is 2.02. The molecule has 0 heterocycles. The first kappa shape index (κ1) is 20.5. The number of rotatable bonds is 6. The highest BCUT2D eigenvalue weighted by Crippen LogP contribution is 2.29. The minimum absolute atomic E-state index is 0.201. The van der Waals surface area contributed by atoms with Gasteiger partial charge in [0.1, 0.15) is 5.94 Å². The normalized spacial score (nSPS) is 10.3. The summed E-state index contributed by atoms with van der Waals surface area (Å²) in [5, 5.41) is 11.9. The van der Waals surface area contributed by atoms with Gasteiger partial charge in [-0.1, -0.05) is 29.4 Å². The van der Waals surface area contributed by atoms with E-state index in [0.717, 1.165) is 15.5 Å². The van der Waals surface area contributed by atoms with Crippen molar-refractivity contribution in [3.63, 3.8) is 0 Å². The number of hydrogen-bond donors (Lipinski definition) is 2. The number of carbonyl (C=O) groups is 1. The van der Waals surface area contributed by atoms with Gasteiger partial charge in [0.05, 0.1) is 10.7 Å². The third-order valence-electron chi connectivity index (χ3n) is 3.45. The molecule has 5 nitrogen and oxygen atoms in total. The van der Waals surface area contributed by atoms with Crippen LogP contribution in [0.25, 0.3) is 0 Å². The van der Waals surface area contributed by atoms with Crippen molar-refractivity contribution in [1.29, 1.82) is 5.41 Å². The number of nitrogens with zero attached hydrogens (tertiary/aromatic N) is 1. The number of esters is 1. The van der Waals surface area contributed by atoms with Crippen molar-refractivity contribution in [2.75, 3.05) is 29.5 Å². The molecule has 0 unspecified atom stereocenters. The maximum atomic E-state index is 10.9. The second-order valence-electron chi connectivity index (χ2n) is 5.27. The summed E-state index contributed by atoms with van der Waals surface area (Å²) in [5.41, 5.74) is 1.53. The van der Waals surface area contributed by atoms with Crippen LogP contribution in [-0.2, 0) is 9.53 Å². The van der Waals surface area contributed by atoms with E-state index in [9.17, 15) is 4.79 Å². The van der Waals surface area contributed by atoms with E-state index in [0.29, 0.717) is 10.7 Å². The van der Waals surface area contributed by atoms with Gasteiger partial charge >= 0.3 is 5.97 Å². The van der Waals surface area contributed by atoms with Crippen molar-refractivity contribution in [2.24, 2.45) is 0 Å². The number of hydrogen-bond acceptors (Lipinski definition) is 5. The molecule has 0 radical (unpaired) electrons. The topological polar surface area (TPSA) is 65.4 Å². The average molecular weight is 410 g/mol. The molecule has 0 aliphatic heterocycles. The summed E-state index contributed by atoms with van der Waals surface area (Å²) in [5.74, 6) is 0.114. The van der Waals surface area contributed by atoms with Crippen molar-refractivity contribution in [3.05, 3.63) is 47.5 Å². The molecule has 0 spiro atoms. The Morgan fingerprint density at radius 2 is 2.04 bits per heavy atom. The molecule has 26 heavy (non-hydrogen) atoms. The molecule has 2 N–H and O–H groups in total. The zero-order chi connectivity index (χ0) is 19.1. The van der Waals surface area contributed by atoms with Crippen molar-refractivity contribution in [3.8, 4) is 0 Å². The summed E-state index contributed by atoms with van der Waals surface area (Å²) in [7, 11) is 1.82. The molecule has 2 aromatic rings. The number of nitrogens with one attached hydrogen (secondary N) is 2. The average Bonchev–Trinajstić information content (AvgIpc) is 2.63. The van der Waals surface area contributed by atoms with Crippen LogP contribution in [0.4, 0.5) is 11.4 Å². The van der Waals surface area contributed by atoms with E-state index in [2.05, 4.69) is 5.32 Å². The van der Waals surface area contributed by atoms with Gasteiger partial charge in [-0.25, -0.2) is 0 Å². The van der Waals surface area contributed by atoms with Crippen molar-refractivity contribution >= 4 is 58.4 Å². The molecular weight excluding hydrogens is 390 g/mol. The van der Waals surface area contributed by atoms with Crippen LogP contribution >= 0.6 is 35.1 Å². The molecule has 2 aromatic carbocycles. The molecule has 138 valence electrons. The van der Waals surface area contributed by atoms with Gasteiger partial charge in [0, 0.05) is 29.4 Å². The first-order valence-corrected chi connectivity index (χ1v) is 10.3. The van der Waals surface area contributed by atoms with Crippen molar-refractivity contribution in [2.45, 2.75) is 16.7 Å². The first-order chi connectivity index (χ1) is 12.4. The van der Waals surface area contributed by atoms with E-state index < -0.39 is 0 Å². The molecule has 0 atom stereocenters. The van der Waals surface area contributed by atoms with Crippen molar-refractivity contribution < 1.29 is 9.53 Å². The lowest BCUT2D eigenvalue weighted by atomic mass is 10.3. The number of thioether (sulfide) groups is 2. The molecule has 0 bridgehead atoms. The Bertz CT molecular complexity index is 802. The summed E-state index contributed by atoms with van der Waals surface area (Å²) in [6.45, 7) is 1.37. The van der Waals surface area contributed by atoms with E-state index in [4.69, 9.17) is 21.7 Å². The Hall–Kier alpha value is -1.83. The van der Waals surface area contributed by atoms with Crippen LogP contribution < -0.4 is 10.2 Å². The molecule has 0 amide bonds. The van der Waals surface area contributed by atoms with Gasteiger partial charge in [-0.2, -0.15) is 0 Å². The Morgan fingerprint density at radius 3 is 2.73 bits per heavy atom. The fourth-order valence-electron chi connectivity index (χ4n) is 2.03. The molecule has 0 fully saturated rings. The molecular formula is C18H20ClN3O2S2. The molecule has 0 aliphatic carbocycles. The largest absolute Gasteiger partial charge is 0.454 e. The van der Waals surface area contributed by atoms with Gasteiger partial charge < -0.3 is 15.0 Å². The van der Waals surface area contributed by atoms with E-state index in [1.165, 1.54) is 18.7 Å². The highest BCUT2D eigenvalue weighted by molar-refractivity contribution is 7.99. The fourth-order valence-corrected chi connectivity index (χ4v) is 3.37. The SMILES string of the molecule is CSc1cccc(N(C)C(=N)Nc2cc(SCOC(C)=O)ccc2Cl)c1. The van der Waals surface area contributed by atoms with Gasteiger partial charge in [-0.15, -0.1) is 11.8 Å². The van der Waals surface area contributed by atoms with Crippen LogP contribution in [0.3, 0.4) is 0 Å². The molecule has 0 aliphatic rings. The smallest absolute Gasteiger partial charge is 0.303 e. The van der Waals surface area contributed by atoms with Gasteiger partial charge in [0.25, 0.3) is 0 Å². The second-order valence-corrected chi connectivity index (χ2v) is 7.56. The Labute approximate surface area is 166 Å². The molecule has 0 saturated carbocycles. The quantitative estimate of drug-likeness (QED) is 0.226. The van der Waals surface area contributed by atoms with E-state index in [1.807, 2.05) is 49.7 Å². The van der Waals surface area contributed by atoms with Gasteiger partial charge in [-0.05, 0) is 42.7 Å². The second kappa shape index (κ2) is 9.75. The highest BCUT2D eigenvalue weighted by atomic mass is 35.5. The van der Waals surface area contributed by atoms with E-state index >= 15 is 0 Å². The lowest BCUT2D eigenvalue weighted by molar-refractivity contribution is -0.138. The Balaban J connectivity index is 2.08. The van der Waals surface area contributed by atoms with Gasteiger partial charge in [0.15, 0.2) is 5.96 Å². The summed E-state index contributed by atoms with van der Waals surface area (Å²) >= 11 is 9.28. The minimum atomic E-state index is -0.319. The van der Waals surface area contributed by atoms with Crippen LogP contribution in [0.15, 0.2) is 52.3 Å². The Morgan fingerprint density at radius 1 is 1.27 bits per heavy atom. The molecule has 0 aromatic heterocycles. The number of carbonyl (C=O) groups excluding carboxylic acids is 1. The maximum absolute atomic E-state index is 10.9.